The van der Waals surface area contributed by atoms with Crippen LogP contribution >= 0.6 is 0 Å². The van der Waals surface area contributed by atoms with Gasteiger partial charge in [0.15, 0.2) is 0 Å². The van der Waals surface area contributed by atoms with Crippen LogP contribution in [0.4, 0.5) is 0 Å². The van der Waals surface area contributed by atoms with Gasteiger partial charge in [0, 0.05) is 13.0 Å². The third-order valence-corrected chi connectivity index (χ3v) is 5.64. The Morgan fingerprint density at radius 2 is 1.23 bits per heavy atom. The lowest BCUT2D eigenvalue weighted by molar-refractivity contribution is -0.138. The number of carboxylic acid groups (broad SMARTS) is 1. The van der Waals surface area contributed by atoms with Gasteiger partial charge in [-0.25, -0.2) is 0 Å². The smallest absolute Gasteiger partial charge is 0.320 e. The Bertz CT molecular complexity index is 427. The molecule has 0 saturated heterocycles. The third-order valence-electron chi connectivity index (χ3n) is 5.64. The molecule has 0 fully saturated rings. The van der Waals surface area contributed by atoms with Gasteiger partial charge in [0.2, 0.25) is 5.91 Å². The Labute approximate surface area is 185 Å². The van der Waals surface area contributed by atoms with E-state index in [-0.39, 0.29) is 5.91 Å². The van der Waals surface area contributed by atoms with E-state index < -0.39 is 12.0 Å². The highest BCUT2D eigenvalue weighted by Gasteiger charge is 2.10. The predicted molar refractivity (Wildman–Crippen MR) is 127 cm³/mol. The largest absolute Gasteiger partial charge is 0.480 e. The molecule has 0 radical (unpaired) electrons. The van der Waals surface area contributed by atoms with Gasteiger partial charge < -0.3 is 16.2 Å². The van der Waals surface area contributed by atoms with Crippen LogP contribution in [-0.2, 0) is 9.59 Å². The molecule has 0 rings (SSSR count). The molecule has 0 aliphatic carbocycles. The molecule has 0 unspecified atom stereocenters. The number of hydrogen-bond acceptors (Lipinski definition) is 3. The first-order valence-electron chi connectivity index (χ1n) is 12.4. The van der Waals surface area contributed by atoms with Crippen LogP contribution in [0, 0.1) is 0 Å². The number of nitrogens with one attached hydrogen (secondary N) is 1. The van der Waals surface area contributed by atoms with Crippen LogP contribution in [0.15, 0.2) is 12.7 Å². The maximum Gasteiger partial charge on any atom is 0.320 e. The molecule has 176 valence electrons. The van der Waals surface area contributed by atoms with E-state index in [1.807, 2.05) is 6.08 Å². The van der Waals surface area contributed by atoms with E-state index in [0.29, 0.717) is 19.4 Å². The van der Waals surface area contributed by atoms with Crippen LogP contribution in [-0.4, -0.2) is 29.6 Å². The summed E-state index contributed by atoms with van der Waals surface area (Å²) in [4.78, 5) is 22.4. The first-order chi connectivity index (χ1) is 14.6. The fraction of sp³-hybridized carbons (Fsp3) is 0.840. The molecule has 1 atom stereocenters. The van der Waals surface area contributed by atoms with E-state index in [1.165, 1.54) is 83.5 Å². The molecule has 5 nitrogen and oxygen atoms in total. The topological polar surface area (TPSA) is 92.4 Å². The highest BCUT2D eigenvalue weighted by Crippen LogP contribution is 2.13. The molecular formula is C25H48N2O3. The van der Waals surface area contributed by atoms with E-state index in [0.717, 1.165) is 25.7 Å². The van der Waals surface area contributed by atoms with Crippen molar-refractivity contribution in [3.05, 3.63) is 12.7 Å². The van der Waals surface area contributed by atoms with Crippen molar-refractivity contribution in [2.75, 3.05) is 6.54 Å². The molecule has 0 heterocycles. The van der Waals surface area contributed by atoms with Crippen LogP contribution < -0.4 is 11.1 Å². The molecule has 0 saturated carbocycles. The fourth-order valence-corrected chi connectivity index (χ4v) is 3.62. The van der Waals surface area contributed by atoms with Crippen molar-refractivity contribution < 1.29 is 14.7 Å². The minimum atomic E-state index is -0.958. The van der Waals surface area contributed by atoms with Gasteiger partial charge in [0.1, 0.15) is 6.04 Å². The summed E-state index contributed by atoms with van der Waals surface area (Å²) in [7, 11) is 0. The number of hydrogen-bond donors (Lipinski definition) is 3. The van der Waals surface area contributed by atoms with Gasteiger partial charge in [-0.05, 0) is 38.5 Å². The number of carboxylic acids is 1. The first kappa shape index (κ1) is 28.6. The molecule has 1 amide bonds. The zero-order valence-corrected chi connectivity index (χ0v) is 19.3. The normalized spacial score (nSPS) is 11.9. The van der Waals surface area contributed by atoms with Crippen LogP contribution in [0.1, 0.15) is 122 Å². The maximum absolute atomic E-state index is 11.8. The second-order valence-corrected chi connectivity index (χ2v) is 8.57. The summed E-state index contributed by atoms with van der Waals surface area (Å²) in [6, 6.07) is -0.789. The summed E-state index contributed by atoms with van der Waals surface area (Å²) in [6.07, 6.45) is 24.0. The van der Waals surface area contributed by atoms with Crippen molar-refractivity contribution in [1.29, 1.82) is 0 Å². The zero-order chi connectivity index (χ0) is 22.3. The van der Waals surface area contributed by atoms with Crippen molar-refractivity contribution in [2.45, 2.75) is 128 Å². The number of rotatable bonds is 23. The number of allylic oxidation sites excluding steroid dienone is 1. The molecule has 5 heteroatoms. The maximum atomic E-state index is 11.8. The lowest BCUT2D eigenvalue weighted by atomic mass is 10.0. The second kappa shape index (κ2) is 22.3. The number of unbranched alkanes of at least 4 members (excludes halogenated alkanes) is 15. The van der Waals surface area contributed by atoms with E-state index in [1.54, 1.807) is 0 Å². The highest BCUT2D eigenvalue weighted by molar-refractivity contribution is 5.75. The number of carbonyl (C=O) groups is 2. The molecule has 0 bridgehead atoms. The Kier molecular flexibility index (Phi) is 21.3. The van der Waals surface area contributed by atoms with Gasteiger partial charge in [-0.15, -0.1) is 6.58 Å². The summed E-state index contributed by atoms with van der Waals surface area (Å²) < 4.78 is 0. The summed E-state index contributed by atoms with van der Waals surface area (Å²) >= 11 is 0. The van der Waals surface area contributed by atoms with Gasteiger partial charge in [0.25, 0.3) is 0 Å². The van der Waals surface area contributed by atoms with Crippen molar-refractivity contribution >= 4 is 11.9 Å². The standard InChI is InChI=1S/C25H48N2O3/c1-2-3-4-5-6-7-8-9-10-11-12-13-14-15-16-17-21-24(28)27-22-19-18-20-23(26)25(29)30/h2,23H,1,3-22,26H2,(H,27,28)(H,29,30)/t23-/m0/s1. The first-order valence-corrected chi connectivity index (χ1v) is 12.4. The number of aliphatic carboxylic acids is 1. The molecule has 0 aliphatic rings. The predicted octanol–water partition coefficient (Wildman–Crippen LogP) is 6.11. The highest BCUT2D eigenvalue weighted by atomic mass is 16.4. The SMILES string of the molecule is C=CCCCCCCCCCCCCCCCCC(=O)NCCCC[C@H](N)C(=O)O. The quantitative estimate of drug-likeness (QED) is 0.136. The zero-order valence-electron chi connectivity index (χ0n) is 19.3. The van der Waals surface area contributed by atoms with Gasteiger partial charge in [-0.1, -0.05) is 83.1 Å². The van der Waals surface area contributed by atoms with Crippen molar-refractivity contribution in [2.24, 2.45) is 5.73 Å². The summed E-state index contributed by atoms with van der Waals surface area (Å²) in [5.74, 6) is -0.849. The van der Waals surface area contributed by atoms with Gasteiger partial charge >= 0.3 is 5.97 Å². The number of amides is 1. The van der Waals surface area contributed by atoms with Crippen LogP contribution in [0.5, 0.6) is 0 Å². The second-order valence-electron chi connectivity index (χ2n) is 8.57. The van der Waals surface area contributed by atoms with E-state index in [4.69, 9.17) is 10.8 Å². The number of carbonyl (C=O) groups excluding carboxylic acids is 1. The Hall–Kier alpha value is -1.36. The van der Waals surface area contributed by atoms with E-state index in [9.17, 15) is 9.59 Å². The average Bonchev–Trinajstić information content (AvgIpc) is 2.72. The summed E-state index contributed by atoms with van der Waals surface area (Å²) in [6.45, 7) is 4.37. The van der Waals surface area contributed by atoms with Crippen molar-refractivity contribution in [3.8, 4) is 0 Å². The monoisotopic (exact) mass is 424 g/mol. The summed E-state index contributed by atoms with van der Waals surface area (Å²) in [5, 5.41) is 11.6. The van der Waals surface area contributed by atoms with E-state index >= 15 is 0 Å². The average molecular weight is 425 g/mol. The van der Waals surface area contributed by atoms with Gasteiger partial charge in [0.05, 0.1) is 0 Å². The Balaban J connectivity index is 3.20. The minimum absolute atomic E-state index is 0.109. The molecule has 0 aromatic carbocycles. The fourth-order valence-electron chi connectivity index (χ4n) is 3.62. The van der Waals surface area contributed by atoms with E-state index in [2.05, 4.69) is 11.9 Å². The minimum Gasteiger partial charge on any atom is -0.480 e. The number of nitrogens with two attached hydrogens (primary N) is 1. The van der Waals surface area contributed by atoms with Crippen LogP contribution in [0.3, 0.4) is 0 Å². The lowest BCUT2D eigenvalue weighted by Gasteiger charge is -2.07. The molecule has 0 spiro atoms. The molecule has 0 aliphatic heterocycles. The Morgan fingerprint density at radius 3 is 1.70 bits per heavy atom. The molecule has 0 aromatic heterocycles. The van der Waals surface area contributed by atoms with Gasteiger partial charge in [-0.2, -0.15) is 0 Å². The molecule has 30 heavy (non-hydrogen) atoms. The lowest BCUT2D eigenvalue weighted by Crippen LogP contribution is -2.30. The van der Waals surface area contributed by atoms with Crippen molar-refractivity contribution in [1.82, 2.24) is 5.32 Å². The van der Waals surface area contributed by atoms with Gasteiger partial charge in [-0.3, -0.25) is 9.59 Å². The molecular weight excluding hydrogens is 376 g/mol. The third kappa shape index (κ3) is 21.4. The Morgan fingerprint density at radius 1 is 0.767 bits per heavy atom. The molecule has 0 aromatic rings. The summed E-state index contributed by atoms with van der Waals surface area (Å²) in [5.41, 5.74) is 5.44. The van der Waals surface area contributed by atoms with Crippen LogP contribution in [0.25, 0.3) is 0 Å². The van der Waals surface area contributed by atoms with Crippen LogP contribution in [0.2, 0.25) is 0 Å². The molecule has 4 N–H and O–H groups in total. The van der Waals surface area contributed by atoms with Crippen molar-refractivity contribution in [3.63, 3.8) is 0 Å².